The van der Waals surface area contributed by atoms with Crippen LogP contribution in [0.4, 0.5) is 5.69 Å². The average molecular weight is 416 g/mol. The van der Waals surface area contributed by atoms with E-state index in [1.807, 2.05) is 0 Å². The lowest BCUT2D eigenvalue weighted by Gasteiger charge is -2.23. The molecule has 0 saturated heterocycles. The molecular formula is C21H24N2O5S. The van der Waals surface area contributed by atoms with E-state index >= 15 is 0 Å². The van der Waals surface area contributed by atoms with Crippen LogP contribution in [0.1, 0.15) is 36.0 Å². The molecule has 4 rings (SSSR count). The lowest BCUT2D eigenvalue weighted by Crippen LogP contribution is -2.35. The van der Waals surface area contributed by atoms with Crippen molar-refractivity contribution in [3.05, 3.63) is 48.0 Å². The fourth-order valence-electron chi connectivity index (χ4n) is 3.73. The zero-order valence-electron chi connectivity index (χ0n) is 16.3. The smallest absolute Gasteiger partial charge is 0.255 e. The molecular weight excluding hydrogens is 392 g/mol. The second kappa shape index (κ2) is 8.04. The van der Waals surface area contributed by atoms with Crippen LogP contribution in [-0.2, 0) is 10.0 Å². The second-order valence-electron chi connectivity index (χ2n) is 7.30. The van der Waals surface area contributed by atoms with Gasteiger partial charge in [0.15, 0.2) is 11.5 Å². The molecule has 154 valence electrons. The van der Waals surface area contributed by atoms with Crippen molar-refractivity contribution in [3.63, 3.8) is 0 Å². The SMILES string of the molecule is CN(C1CCCC1)S(=O)(=O)c1ccc(C(=O)Nc2ccc3c(c2)OCCO3)cc1. The molecule has 0 unspecified atom stereocenters. The van der Waals surface area contributed by atoms with E-state index in [0.717, 1.165) is 25.7 Å². The number of carbonyl (C=O) groups excluding carboxylic acids is 1. The fourth-order valence-corrected chi connectivity index (χ4v) is 5.15. The van der Waals surface area contributed by atoms with Gasteiger partial charge in [-0.2, -0.15) is 4.31 Å². The van der Waals surface area contributed by atoms with Crippen LogP contribution < -0.4 is 14.8 Å². The van der Waals surface area contributed by atoms with Crippen molar-refractivity contribution < 1.29 is 22.7 Å². The number of anilines is 1. The Bertz CT molecular complexity index is 998. The average Bonchev–Trinajstić information content (AvgIpc) is 3.28. The van der Waals surface area contributed by atoms with Gasteiger partial charge >= 0.3 is 0 Å². The van der Waals surface area contributed by atoms with E-state index in [1.165, 1.54) is 28.6 Å². The molecule has 0 radical (unpaired) electrons. The molecule has 0 aromatic heterocycles. The monoisotopic (exact) mass is 416 g/mol. The molecule has 0 bridgehead atoms. The highest BCUT2D eigenvalue weighted by Crippen LogP contribution is 2.33. The Kier molecular flexibility index (Phi) is 5.47. The van der Waals surface area contributed by atoms with Crippen LogP contribution in [0.3, 0.4) is 0 Å². The molecule has 1 N–H and O–H groups in total. The number of nitrogens with one attached hydrogen (secondary N) is 1. The van der Waals surface area contributed by atoms with Crippen LogP contribution in [0.2, 0.25) is 0 Å². The number of hydrogen-bond acceptors (Lipinski definition) is 5. The maximum Gasteiger partial charge on any atom is 0.255 e. The first-order chi connectivity index (χ1) is 13.9. The Hall–Kier alpha value is -2.58. The number of hydrogen-bond donors (Lipinski definition) is 1. The van der Waals surface area contributed by atoms with E-state index in [4.69, 9.17) is 9.47 Å². The largest absolute Gasteiger partial charge is 0.486 e. The molecule has 2 aromatic carbocycles. The predicted molar refractivity (Wildman–Crippen MR) is 109 cm³/mol. The summed E-state index contributed by atoms with van der Waals surface area (Å²) in [5.74, 6) is 0.912. The summed E-state index contributed by atoms with van der Waals surface area (Å²) in [5, 5.41) is 2.80. The van der Waals surface area contributed by atoms with Crippen LogP contribution in [0.5, 0.6) is 11.5 Å². The third-order valence-corrected chi connectivity index (χ3v) is 7.36. The molecule has 1 fully saturated rings. The second-order valence-corrected chi connectivity index (χ2v) is 9.29. The molecule has 1 saturated carbocycles. The number of ether oxygens (including phenoxy) is 2. The van der Waals surface area contributed by atoms with Gasteiger partial charge in [0, 0.05) is 30.4 Å². The van der Waals surface area contributed by atoms with E-state index < -0.39 is 10.0 Å². The first kappa shape index (κ1) is 19.7. The minimum Gasteiger partial charge on any atom is -0.486 e. The molecule has 2 aliphatic rings. The summed E-state index contributed by atoms with van der Waals surface area (Å²) in [6.45, 7) is 0.972. The number of sulfonamides is 1. The summed E-state index contributed by atoms with van der Waals surface area (Å²) in [6.07, 6.45) is 3.91. The van der Waals surface area contributed by atoms with Gasteiger partial charge in [-0.15, -0.1) is 0 Å². The summed E-state index contributed by atoms with van der Waals surface area (Å²) < 4.78 is 38.1. The van der Waals surface area contributed by atoms with Crippen molar-refractivity contribution in [2.75, 3.05) is 25.6 Å². The van der Waals surface area contributed by atoms with E-state index in [1.54, 1.807) is 25.2 Å². The molecule has 0 spiro atoms. The van der Waals surface area contributed by atoms with Gasteiger partial charge in [0.2, 0.25) is 10.0 Å². The van der Waals surface area contributed by atoms with Gasteiger partial charge in [-0.3, -0.25) is 4.79 Å². The Morgan fingerprint density at radius 1 is 1.00 bits per heavy atom. The maximum atomic E-state index is 12.8. The van der Waals surface area contributed by atoms with Gasteiger partial charge in [0.05, 0.1) is 4.90 Å². The number of rotatable bonds is 5. The van der Waals surface area contributed by atoms with Crippen LogP contribution in [0.15, 0.2) is 47.4 Å². The van der Waals surface area contributed by atoms with E-state index in [-0.39, 0.29) is 16.8 Å². The summed E-state index contributed by atoms with van der Waals surface area (Å²) in [5.41, 5.74) is 0.958. The van der Waals surface area contributed by atoms with Crippen LogP contribution in [0, 0.1) is 0 Å². The number of amides is 1. The Morgan fingerprint density at radius 2 is 1.66 bits per heavy atom. The number of nitrogens with zero attached hydrogens (tertiary/aromatic N) is 1. The van der Waals surface area contributed by atoms with Crippen LogP contribution in [0.25, 0.3) is 0 Å². The third-order valence-electron chi connectivity index (χ3n) is 5.43. The normalized spacial score (nSPS) is 16.8. The van der Waals surface area contributed by atoms with Gasteiger partial charge in [-0.1, -0.05) is 12.8 Å². The molecule has 8 heteroatoms. The first-order valence-electron chi connectivity index (χ1n) is 9.74. The predicted octanol–water partition coefficient (Wildman–Crippen LogP) is 3.27. The minimum atomic E-state index is -3.56. The van der Waals surface area contributed by atoms with Gasteiger partial charge in [0.1, 0.15) is 13.2 Å². The van der Waals surface area contributed by atoms with Crippen LogP contribution in [-0.4, -0.2) is 44.9 Å². The third kappa shape index (κ3) is 4.09. The van der Waals surface area contributed by atoms with Gasteiger partial charge in [-0.05, 0) is 49.2 Å². The molecule has 1 aliphatic heterocycles. The molecule has 7 nitrogen and oxygen atoms in total. The summed E-state index contributed by atoms with van der Waals surface area (Å²) in [7, 11) is -1.93. The number of fused-ring (bicyclic) bond motifs is 1. The lowest BCUT2D eigenvalue weighted by molar-refractivity contribution is 0.102. The zero-order chi connectivity index (χ0) is 20.4. The fraction of sp³-hybridized carbons (Fsp3) is 0.381. The van der Waals surface area contributed by atoms with Gasteiger partial charge < -0.3 is 14.8 Å². The number of benzene rings is 2. The summed E-state index contributed by atoms with van der Waals surface area (Å²) in [4.78, 5) is 12.7. The van der Waals surface area contributed by atoms with Crippen molar-refractivity contribution >= 4 is 21.6 Å². The van der Waals surface area contributed by atoms with Gasteiger partial charge in [-0.25, -0.2) is 8.42 Å². The maximum absolute atomic E-state index is 12.8. The van der Waals surface area contributed by atoms with E-state index in [0.29, 0.717) is 36.0 Å². The standard InChI is InChI=1S/C21H24N2O5S/c1-23(17-4-2-3-5-17)29(25,26)18-9-6-15(7-10-18)21(24)22-16-8-11-19-20(14-16)28-13-12-27-19/h6-11,14,17H,2-5,12-13H2,1H3,(H,22,24). The molecule has 1 heterocycles. The van der Waals surface area contributed by atoms with Crippen molar-refractivity contribution in [1.82, 2.24) is 4.31 Å². The lowest BCUT2D eigenvalue weighted by atomic mass is 10.2. The highest BCUT2D eigenvalue weighted by atomic mass is 32.2. The molecule has 1 amide bonds. The highest BCUT2D eigenvalue weighted by Gasteiger charge is 2.30. The number of carbonyl (C=O) groups is 1. The molecule has 1 aliphatic carbocycles. The molecule has 29 heavy (non-hydrogen) atoms. The highest BCUT2D eigenvalue weighted by molar-refractivity contribution is 7.89. The quantitative estimate of drug-likeness (QED) is 0.809. The first-order valence-corrected chi connectivity index (χ1v) is 11.2. The van der Waals surface area contributed by atoms with Crippen LogP contribution >= 0.6 is 0 Å². The minimum absolute atomic E-state index is 0.0539. The van der Waals surface area contributed by atoms with Crippen molar-refractivity contribution in [2.45, 2.75) is 36.6 Å². The van der Waals surface area contributed by atoms with E-state index in [9.17, 15) is 13.2 Å². The molecule has 2 aromatic rings. The van der Waals surface area contributed by atoms with E-state index in [2.05, 4.69) is 5.32 Å². The van der Waals surface area contributed by atoms with Crippen molar-refractivity contribution in [1.29, 1.82) is 0 Å². The topological polar surface area (TPSA) is 84.9 Å². The van der Waals surface area contributed by atoms with Gasteiger partial charge in [0.25, 0.3) is 5.91 Å². The summed E-state index contributed by atoms with van der Waals surface area (Å²) >= 11 is 0. The Labute approximate surface area is 170 Å². The van der Waals surface area contributed by atoms with Crippen molar-refractivity contribution in [2.24, 2.45) is 0 Å². The van der Waals surface area contributed by atoms with Crippen molar-refractivity contribution in [3.8, 4) is 11.5 Å². The Morgan fingerprint density at radius 3 is 2.34 bits per heavy atom. The zero-order valence-corrected chi connectivity index (χ0v) is 17.1. The Balaban J connectivity index is 1.46. The summed E-state index contributed by atoms with van der Waals surface area (Å²) in [6, 6.07) is 11.3. The molecule has 0 atom stereocenters.